The molecule has 0 saturated heterocycles. The number of nitrogens with one attached hydrogen (secondary N) is 2. The van der Waals surface area contributed by atoms with E-state index in [1.54, 1.807) is 0 Å². The number of benzene rings is 1. The van der Waals surface area contributed by atoms with E-state index >= 15 is 0 Å². The molecule has 4 N–H and O–H groups in total. The molecule has 9 heteroatoms. The number of hydrogen-bond acceptors (Lipinski definition) is 7. The molecule has 0 bridgehead atoms. The van der Waals surface area contributed by atoms with Crippen molar-refractivity contribution in [3.8, 4) is 0 Å². The summed E-state index contributed by atoms with van der Waals surface area (Å²) in [6.45, 7) is 1.95. The molecule has 144 valence electrons. The summed E-state index contributed by atoms with van der Waals surface area (Å²) in [5.74, 6) is 6.50. The first-order valence-corrected chi connectivity index (χ1v) is 10.1. The van der Waals surface area contributed by atoms with E-state index in [2.05, 4.69) is 26.0 Å². The fourth-order valence-corrected chi connectivity index (χ4v) is 3.56. The molecule has 1 saturated carbocycles. The van der Waals surface area contributed by atoms with E-state index in [0.29, 0.717) is 11.1 Å². The number of nitrogen functional groups attached to an aromatic ring is 1. The van der Waals surface area contributed by atoms with Gasteiger partial charge in [-0.1, -0.05) is 48.5 Å². The standard InChI is InChI=1S/C18H25N7OS/c1-13(14-8-4-2-5-9-14)20-16(26)12-27-18-24-23-17(25(18)19)22-21-15-10-6-3-7-11-15/h2,4-5,8-9,13H,3,6-7,10-12,19H2,1H3,(H,20,26)(H,22,23). The Morgan fingerprint density at radius 1 is 1.26 bits per heavy atom. The summed E-state index contributed by atoms with van der Waals surface area (Å²) in [7, 11) is 0. The minimum Gasteiger partial charge on any atom is -0.349 e. The van der Waals surface area contributed by atoms with Gasteiger partial charge < -0.3 is 11.2 Å². The number of nitrogens with zero attached hydrogens (tertiary/aromatic N) is 4. The molecule has 2 aromatic rings. The monoisotopic (exact) mass is 387 g/mol. The molecule has 1 unspecified atom stereocenters. The maximum Gasteiger partial charge on any atom is 0.264 e. The molecule has 0 radical (unpaired) electrons. The summed E-state index contributed by atoms with van der Waals surface area (Å²) < 4.78 is 1.32. The average Bonchev–Trinajstić information content (AvgIpc) is 3.06. The highest BCUT2D eigenvalue weighted by atomic mass is 32.2. The number of thioether (sulfide) groups is 1. The Kier molecular flexibility index (Phi) is 6.69. The van der Waals surface area contributed by atoms with Gasteiger partial charge in [-0.25, -0.2) is 10.1 Å². The third-order valence-corrected chi connectivity index (χ3v) is 5.36. The van der Waals surface area contributed by atoms with Gasteiger partial charge in [0.1, 0.15) is 0 Å². The van der Waals surface area contributed by atoms with Crippen LogP contribution < -0.4 is 16.6 Å². The minimum atomic E-state index is -0.0867. The van der Waals surface area contributed by atoms with Crippen molar-refractivity contribution in [1.82, 2.24) is 20.2 Å². The molecule has 1 aromatic carbocycles. The van der Waals surface area contributed by atoms with Crippen LogP contribution in [0.5, 0.6) is 0 Å². The van der Waals surface area contributed by atoms with Crippen LogP contribution in [-0.4, -0.2) is 32.2 Å². The van der Waals surface area contributed by atoms with Crippen LogP contribution in [0.25, 0.3) is 0 Å². The smallest absolute Gasteiger partial charge is 0.264 e. The summed E-state index contributed by atoms with van der Waals surface area (Å²) in [4.78, 5) is 12.2. The fourth-order valence-electron chi connectivity index (χ4n) is 2.89. The molecule has 1 heterocycles. The Labute approximate surface area is 163 Å². The number of amides is 1. The van der Waals surface area contributed by atoms with Gasteiger partial charge in [0.15, 0.2) is 0 Å². The second-order valence-electron chi connectivity index (χ2n) is 6.52. The molecule has 1 aliphatic carbocycles. The van der Waals surface area contributed by atoms with Crippen molar-refractivity contribution in [3.05, 3.63) is 35.9 Å². The van der Waals surface area contributed by atoms with Crippen LogP contribution in [0.3, 0.4) is 0 Å². The van der Waals surface area contributed by atoms with Gasteiger partial charge in [-0.2, -0.15) is 5.10 Å². The zero-order valence-corrected chi connectivity index (χ0v) is 16.2. The molecule has 1 fully saturated rings. The Morgan fingerprint density at radius 3 is 2.74 bits per heavy atom. The topological polar surface area (TPSA) is 110 Å². The number of rotatable bonds is 7. The highest BCUT2D eigenvalue weighted by Crippen LogP contribution is 2.19. The van der Waals surface area contributed by atoms with Crippen molar-refractivity contribution in [2.75, 3.05) is 17.0 Å². The van der Waals surface area contributed by atoms with Gasteiger partial charge in [0.2, 0.25) is 11.1 Å². The number of hydrogen-bond donors (Lipinski definition) is 3. The van der Waals surface area contributed by atoms with Crippen molar-refractivity contribution >= 4 is 29.3 Å². The predicted octanol–water partition coefficient (Wildman–Crippen LogP) is 2.69. The second kappa shape index (κ2) is 9.40. The summed E-state index contributed by atoms with van der Waals surface area (Å²) >= 11 is 1.24. The number of hydrazone groups is 1. The zero-order chi connectivity index (χ0) is 19.1. The normalized spacial score (nSPS) is 15.2. The molecular weight excluding hydrogens is 362 g/mol. The Hall–Kier alpha value is -2.55. The quantitative estimate of drug-likeness (QED) is 0.383. The van der Waals surface area contributed by atoms with Crippen molar-refractivity contribution in [2.24, 2.45) is 5.10 Å². The van der Waals surface area contributed by atoms with Crippen LogP contribution in [0.2, 0.25) is 0 Å². The van der Waals surface area contributed by atoms with Crippen LogP contribution in [0, 0.1) is 0 Å². The summed E-state index contributed by atoms with van der Waals surface area (Å²) in [6.07, 6.45) is 5.62. The molecule has 1 amide bonds. The van der Waals surface area contributed by atoms with Crippen molar-refractivity contribution in [1.29, 1.82) is 0 Å². The second-order valence-corrected chi connectivity index (χ2v) is 7.46. The van der Waals surface area contributed by atoms with E-state index in [0.717, 1.165) is 24.1 Å². The molecule has 1 aromatic heterocycles. The third-order valence-electron chi connectivity index (χ3n) is 4.42. The predicted molar refractivity (Wildman–Crippen MR) is 108 cm³/mol. The van der Waals surface area contributed by atoms with Crippen LogP contribution in [-0.2, 0) is 4.79 Å². The van der Waals surface area contributed by atoms with Crippen LogP contribution in [0.15, 0.2) is 40.6 Å². The Bertz CT molecular complexity index is 782. The lowest BCUT2D eigenvalue weighted by atomic mass is 9.99. The average molecular weight is 388 g/mol. The van der Waals surface area contributed by atoms with E-state index in [4.69, 9.17) is 5.84 Å². The van der Waals surface area contributed by atoms with E-state index in [1.165, 1.54) is 35.7 Å². The van der Waals surface area contributed by atoms with E-state index in [-0.39, 0.29) is 17.7 Å². The SMILES string of the molecule is CC(NC(=O)CSc1nnc(NN=C2CCCCC2)n1N)c1ccccc1. The largest absolute Gasteiger partial charge is 0.349 e. The number of anilines is 1. The molecule has 1 aliphatic rings. The van der Waals surface area contributed by atoms with Crippen molar-refractivity contribution in [2.45, 2.75) is 50.2 Å². The highest BCUT2D eigenvalue weighted by Gasteiger charge is 2.14. The lowest BCUT2D eigenvalue weighted by molar-refractivity contribution is -0.119. The highest BCUT2D eigenvalue weighted by molar-refractivity contribution is 7.99. The number of carbonyl (C=O) groups is 1. The van der Waals surface area contributed by atoms with E-state index in [1.807, 2.05) is 37.3 Å². The first kappa shape index (κ1) is 19.2. The van der Waals surface area contributed by atoms with Gasteiger partial charge in [0.25, 0.3) is 5.95 Å². The first-order valence-electron chi connectivity index (χ1n) is 9.12. The molecule has 1 atom stereocenters. The number of carbonyl (C=O) groups excluding carboxylic acids is 1. The van der Waals surface area contributed by atoms with Gasteiger partial charge in [-0.15, -0.1) is 10.2 Å². The van der Waals surface area contributed by atoms with E-state index in [9.17, 15) is 4.79 Å². The molecule has 8 nitrogen and oxygen atoms in total. The van der Waals surface area contributed by atoms with Crippen molar-refractivity contribution < 1.29 is 4.79 Å². The summed E-state index contributed by atoms with van der Waals surface area (Å²) in [5.41, 5.74) is 5.08. The van der Waals surface area contributed by atoms with Gasteiger partial charge >= 0.3 is 0 Å². The van der Waals surface area contributed by atoms with Crippen LogP contribution >= 0.6 is 11.8 Å². The summed E-state index contributed by atoms with van der Waals surface area (Å²) in [6, 6.07) is 9.77. The van der Waals surface area contributed by atoms with E-state index < -0.39 is 0 Å². The van der Waals surface area contributed by atoms with Crippen LogP contribution in [0.1, 0.15) is 50.6 Å². The molecular formula is C18H25N7OS. The third kappa shape index (κ3) is 5.46. The maximum atomic E-state index is 12.2. The number of nitrogens with two attached hydrogens (primary N) is 1. The van der Waals surface area contributed by atoms with Gasteiger partial charge in [0.05, 0.1) is 11.8 Å². The zero-order valence-electron chi connectivity index (χ0n) is 15.4. The Morgan fingerprint density at radius 2 is 2.00 bits per heavy atom. The fraction of sp³-hybridized carbons (Fsp3) is 0.444. The summed E-state index contributed by atoms with van der Waals surface area (Å²) in [5, 5.41) is 15.8. The van der Waals surface area contributed by atoms with Crippen molar-refractivity contribution in [3.63, 3.8) is 0 Å². The lowest BCUT2D eigenvalue weighted by Crippen LogP contribution is -2.28. The number of aromatic nitrogens is 3. The van der Waals surface area contributed by atoms with Gasteiger partial charge in [-0.05, 0) is 38.2 Å². The molecule has 3 rings (SSSR count). The lowest BCUT2D eigenvalue weighted by Gasteiger charge is -2.14. The van der Waals surface area contributed by atoms with Gasteiger partial charge in [0, 0.05) is 5.71 Å². The van der Waals surface area contributed by atoms with Gasteiger partial charge in [-0.3, -0.25) is 4.79 Å². The Balaban J connectivity index is 1.49. The molecule has 27 heavy (non-hydrogen) atoms. The first-order chi connectivity index (χ1) is 13.1. The van der Waals surface area contributed by atoms with Crippen LogP contribution in [0.4, 0.5) is 5.95 Å². The molecule has 0 aliphatic heterocycles. The maximum absolute atomic E-state index is 12.2. The molecule has 0 spiro atoms. The minimum absolute atomic E-state index is 0.0569.